The number of hydrogen-bond acceptors (Lipinski definition) is 4. The van der Waals surface area contributed by atoms with Crippen LogP contribution in [0.2, 0.25) is 0 Å². The first-order valence-electron chi connectivity index (χ1n) is 6.48. The molecule has 0 aliphatic carbocycles. The lowest BCUT2D eigenvalue weighted by molar-refractivity contribution is -0.0388. The average Bonchev–Trinajstić information content (AvgIpc) is 2.45. The molecule has 1 aliphatic rings. The molecule has 0 saturated carbocycles. The van der Waals surface area contributed by atoms with E-state index in [1.54, 1.807) is 0 Å². The van der Waals surface area contributed by atoms with Crippen molar-refractivity contribution in [1.82, 2.24) is 0 Å². The van der Waals surface area contributed by atoms with Crippen LogP contribution in [0.15, 0.2) is 24.3 Å². The Kier molecular flexibility index (Phi) is 5.57. The zero-order valence-corrected chi connectivity index (χ0v) is 11.7. The van der Waals surface area contributed by atoms with E-state index >= 15 is 0 Å². The molecule has 5 heteroatoms. The van der Waals surface area contributed by atoms with Gasteiger partial charge in [0.2, 0.25) is 0 Å². The summed E-state index contributed by atoms with van der Waals surface area (Å²) in [5.74, 6) is 0.713. The van der Waals surface area contributed by atoms with E-state index in [0.717, 1.165) is 31.6 Å². The smallest absolute Gasteiger partial charge is 0.129 e. The Labute approximate surface area is 118 Å². The SMILES string of the molecule is NC(=S)c1ccccc1OCCOC1CCOCC1. The number of benzene rings is 1. The Morgan fingerprint density at radius 3 is 2.74 bits per heavy atom. The molecule has 0 aromatic heterocycles. The lowest BCUT2D eigenvalue weighted by Crippen LogP contribution is -2.25. The van der Waals surface area contributed by atoms with Crippen LogP contribution in [0.5, 0.6) is 5.75 Å². The molecule has 1 saturated heterocycles. The minimum Gasteiger partial charge on any atom is -0.490 e. The first-order valence-corrected chi connectivity index (χ1v) is 6.89. The Morgan fingerprint density at radius 1 is 1.26 bits per heavy atom. The Hall–Kier alpha value is -1.17. The van der Waals surface area contributed by atoms with Crippen LogP contribution in [-0.2, 0) is 9.47 Å². The molecular weight excluding hydrogens is 262 g/mol. The lowest BCUT2D eigenvalue weighted by atomic mass is 10.2. The van der Waals surface area contributed by atoms with Crippen LogP contribution in [0.1, 0.15) is 18.4 Å². The molecule has 104 valence electrons. The van der Waals surface area contributed by atoms with Crippen LogP contribution < -0.4 is 10.5 Å². The maximum Gasteiger partial charge on any atom is 0.129 e. The summed E-state index contributed by atoms with van der Waals surface area (Å²) in [4.78, 5) is 0.348. The van der Waals surface area contributed by atoms with Crippen LogP contribution in [-0.4, -0.2) is 37.5 Å². The molecule has 1 aliphatic heterocycles. The van der Waals surface area contributed by atoms with E-state index in [2.05, 4.69) is 0 Å². The molecule has 2 rings (SSSR count). The van der Waals surface area contributed by atoms with Gasteiger partial charge in [-0.1, -0.05) is 24.4 Å². The third-order valence-electron chi connectivity index (χ3n) is 3.02. The third kappa shape index (κ3) is 4.45. The van der Waals surface area contributed by atoms with E-state index in [-0.39, 0.29) is 0 Å². The third-order valence-corrected chi connectivity index (χ3v) is 3.24. The van der Waals surface area contributed by atoms with Crippen LogP contribution >= 0.6 is 12.2 Å². The van der Waals surface area contributed by atoms with Crippen molar-refractivity contribution in [2.75, 3.05) is 26.4 Å². The second-order valence-electron chi connectivity index (χ2n) is 4.39. The van der Waals surface area contributed by atoms with E-state index in [0.29, 0.717) is 30.1 Å². The minimum absolute atomic E-state index is 0.295. The summed E-state index contributed by atoms with van der Waals surface area (Å²) >= 11 is 4.98. The summed E-state index contributed by atoms with van der Waals surface area (Å²) in [7, 11) is 0. The Balaban J connectivity index is 1.74. The van der Waals surface area contributed by atoms with Crippen molar-refractivity contribution in [3.05, 3.63) is 29.8 Å². The van der Waals surface area contributed by atoms with Crippen molar-refractivity contribution in [3.63, 3.8) is 0 Å². The van der Waals surface area contributed by atoms with Gasteiger partial charge in [0.15, 0.2) is 0 Å². The highest BCUT2D eigenvalue weighted by atomic mass is 32.1. The topological polar surface area (TPSA) is 53.7 Å². The van der Waals surface area contributed by atoms with Gasteiger partial charge in [0.1, 0.15) is 17.3 Å². The van der Waals surface area contributed by atoms with Crippen LogP contribution in [0.3, 0.4) is 0 Å². The van der Waals surface area contributed by atoms with Crippen molar-refractivity contribution in [2.45, 2.75) is 18.9 Å². The quantitative estimate of drug-likeness (QED) is 0.637. The molecule has 4 nitrogen and oxygen atoms in total. The van der Waals surface area contributed by atoms with Gasteiger partial charge in [-0.2, -0.15) is 0 Å². The molecular formula is C14H19NO3S. The molecule has 0 spiro atoms. The number of thiocarbonyl (C=S) groups is 1. The molecule has 0 radical (unpaired) electrons. The van der Waals surface area contributed by atoms with Gasteiger partial charge in [-0.15, -0.1) is 0 Å². The van der Waals surface area contributed by atoms with E-state index in [1.807, 2.05) is 24.3 Å². The summed E-state index contributed by atoms with van der Waals surface area (Å²) in [5, 5.41) is 0. The van der Waals surface area contributed by atoms with Gasteiger partial charge in [0.25, 0.3) is 0 Å². The molecule has 1 aromatic carbocycles. The monoisotopic (exact) mass is 281 g/mol. The standard InChI is InChI=1S/C14H19NO3S/c15-14(19)12-3-1-2-4-13(12)18-10-9-17-11-5-7-16-8-6-11/h1-4,11H,5-10H2,(H2,15,19). The first kappa shape index (κ1) is 14.2. The number of para-hydroxylation sites is 1. The maximum atomic E-state index is 5.74. The second-order valence-corrected chi connectivity index (χ2v) is 4.83. The predicted molar refractivity (Wildman–Crippen MR) is 77.6 cm³/mol. The van der Waals surface area contributed by atoms with Gasteiger partial charge in [0.05, 0.1) is 18.3 Å². The highest BCUT2D eigenvalue weighted by Gasteiger charge is 2.13. The van der Waals surface area contributed by atoms with Gasteiger partial charge in [-0.05, 0) is 25.0 Å². The Bertz CT molecular complexity index is 419. The Morgan fingerprint density at radius 2 is 2.00 bits per heavy atom. The van der Waals surface area contributed by atoms with Gasteiger partial charge < -0.3 is 19.9 Å². The number of rotatable bonds is 6. The highest BCUT2D eigenvalue weighted by Crippen LogP contribution is 2.17. The lowest BCUT2D eigenvalue weighted by Gasteiger charge is -2.22. The van der Waals surface area contributed by atoms with Gasteiger partial charge in [-0.25, -0.2) is 0 Å². The normalized spacial score (nSPS) is 16.2. The summed E-state index contributed by atoms with van der Waals surface area (Å²) in [6, 6.07) is 7.51. The largest absolute Gasteiger partial charge is 0.490 e. The average molecular weight is 281 g/mol. The number of nitrogens with two attached hydrogens (primary N) is 1. The molecule has 0 atom stereocenters. The van der Waals surface area contributed by atoms with Crippen molar-refractivity contribution < 1.29 is 14.2 Å². The fourth-order valence-corrected chi connectivity index (χ4v) is 2.17. The molecule has 19 heavy (non-hydrogen) atoms. The molecule has 0 amide bonds. The zero-order valence-electron chi connectivity index (χ0n) is 10.8. The van der Waals surface area contributed by atoms with E-state index in [1.165, 1.54) is 0 Å². The van der Waals surface area contributed by atoms with E-state index in [9.17, 15) is 0 Å². The predicted octanol–water partition coefficient (Wildman–Crippen LogP) is 1.90. The van der Waals surface area contributed by atoms with Crippen molar-refractivity contribution >= 4 is 17.2 Å². The van der Waals surface area contributed by atoms with Crippen molar-refractivity contribution in [2.24, 2.45) is 5.73 Å². The number of hydrogen-bond donors (Lipinski definition) is 1. The molecule has 1 fully saturated rings. The van der Waals surface area contributed by atoms with E-state index < -0.39 is 0 Å². The molecule has 0 bridgehead atoms. The summed E-state index contributed by atoms with van der Waals surface area (Å²) < 4.78 is 16.7. The highest BCUT2D eigenvalue weighted by molar-refractivity contribution is 7.80. The second kappa shape index (κ2) is 7.43. The molecule has 1 heterocycles. The number of ether oxygens (including phenoxy) is 3. The van der Waals surface area contributed by atoms with Crippen LogP contribution in [0.4, 0.5) is 0 Å². The molecule has 1 aromatic rings. The van der Waals surface area contributed by atoms with Crippen LogP contribution in [0.25, 0.3) is 0 Å². The molecule has 2 N–H and O–H groups in total. The summed E-state index contributed by atoms with van der Waals surface area (Å²) in [6.07, 6.45) is 2.22. The maximum absolute atomic E-state index is 5.74. The molecule has 0 unspecified atom stereocenters. The summed E-state index contributed by atoms with van der Waals surface area (Å²) in [5.41, 5.74) is 6.41. The van der Waals surface area contributed by atoms with Gasteiger partial charge >= 0.3 is 0 Å². The van der Waals surface area contributed by atoms with Gasteiger partial charge in [-0.3, -0.25) is 0 Å². The fraction of sp³-hybridized carbons (Fsp3) is 0.500. The minimum atomic E-state index is 0.295. The summed E-state index contributed by atoms with van der Waals surface area (Å²) in [6.45, 7) is 2.64. The zero-order chi connectivity index (χ0) is 13.5. The van der Waals surface area contributed by atoms with Crippen LogP contribution in [0, 0.1) is 0 Å². The van der Waals surface area contributed by atoms with Crippen molar-refractivity contribution in [1.29, 1.82) is 0 Å². The van der Waals surface area contributed by atoms with Gasteiger partial charge in [0, 0.05) is 13.2 Å². The van der Waals surface area contributed by atoms with Crippen molar-refractivity contribution in [3.8, 4) is 5.75 Å². The van der Waals surface area contributed by atoms with E-state index in [4.69, 9.17) is 32.2 Å². The fourth-order valence-electron chi connectivity index (χ4n) is 2.01. The first-order chi connectivity index (χ1) is 9.27.